The molecule has 0 aliphatic rings. The zero-order chi connectivity index (χ0) is 46.3. The highest BCUT2D eigenvalue weighted by atomic mass is 32.2. The summed E-state index contributed by atoms with van der Waals surface area (Å²) in [7, 11) is -9.87. The molecule has 0 bridgehead atoms. The average molecular weight is 917 g/mol. The number of aromatic nitrogens is 6. The summed E-state index contributed by atoms with van der Waals surface area (Å²) >= 11 is 0. The Labute approximate surface area is 367 Å². The molecule has 0 saturated carbocycles. The van der Waals surface area contributed by atoms with Crippen molar-refractivity contribution in [1.29, 1.82) is 0 Å². The van der Waals surface area contributed by atoms with Crippen LogP contribution >= 0.6 is 0 Å². The van der Waals surface area contributed by atoms with Crippen LogP contribution in [0.5, 0.6) is 0 Å². The predicted octanol–water partition coefficient (Wildman–Crippen LogP) is 4.66. The second-order valence-electron chi connectivity index (χ2n) is 13.9. The molecule has 6 aromatic rings. The number of nitrogens with one attached hydrogen (secondary N) is 4. The molecule has 0 radical (unpaired) electrons. The van der Waals surface area contributed by atoms with Crippen molar-refractivity contribution in [3.05, 3.63) is 108 Å². The normalized spacial score (nSPS) is 13.7. The van der Waals surface area contributed by atoms with E-state index in [0.29, 0.717) is 11.4 Å². The smallest absolute Gasteiger partial charge is 0.295 e. The van der Waals surface area contributed by atoms with E-state index >= 15 is 0 Å². The first kappa shape index (κ1) is 46.6. The number of para-hydroxylation sites is 2. The first-order chi connectivity index (χ1) is 30.2. The molecule has 336 valence electrons. The van der Waals surface area contributed by atoms with E-state index in [1.807, 2.05) is 0 Å². The number of aliphatic hydroxyl groups is 4. The summed E-state index contributed by atoms with van der Waals surface area (Å²) in [4.78, 5) is 26.9. The molecule has 0 aliphatic carbocycles. The molecule has 4 aromatic carbocycles. The molecule has 64 heavy (non-hydrogen) atoms. The fourth-order valence-electron chi connectivity index (χ4n) is 6.16. The molecule has 0 spiro atoms. The molecule has 4 unspecified atom stereocenters. The van der Waals surface area contributed by atoms with Gasteiger partial charge in [0.2, 0.25) is 35.7 Å². The lowest BCUT2D eigenvalue weighted by atomic mass is 10.1. The molecule has 0 saturated heterocycles. The average Bonchev–Trinajstić information content (AvgIpc) is 3.20. The van der Waals surface area contributed by atoms with Crippen LogP contribution in [0.2, 0.25) is 0 Å². The number of anilines is 10. The van der Waals surface area contributed by atoms with Crippen LogP contribution in [-0.4, -0.2) is 101 Å². The van der Waals surface area contributed by atoms with Crippen molar-refractivity contribution in [2.24, 2.45) is 0 Å². The zero-order valence-corrected chi connectivity index (χ0v) is 36.0. The van der Waals surface area contributed by atoms with Gasteiger partial charge in [-0.2, -0.15) is 46.7 Å². The Bertz CT molecular complexity index is 2630. The number of rotatable bonds is 18. The third kappa shape index (κ3) is 12.0. The maximum Gasteiger partial charge on any atom is 0.295 e. The molecule has 2 aromatic heterocycles. The van der Waals surface area contributed by atoms with Crippen molar-refractivity contribution in [2.75, 3.05) is 31.1 Å². The predicted molar refractivity (Wildman–Crippen MR) is 239 cm³/mol. The van der Waals surface area contributed by atoms with Gasteiger partial charge in [0, 0.05) is 22.7 Å². The van der Waals surface area contributed by atoms with Crippen LogP contribution in [0.25, 0.3) is 12.2 Å². The lowest BCUT2D eigenvalue weighted by Gasteiger charge is -2.28. The van der Waals surface area contributed by atoms with Crippen LogP contribution in [0.4, 0.5) is 58.4 Å². The molecule has 0 fully saturated rings. The second-order valence-corrected chi connectivity index (χ2v) is 16.7. The molecule has 0 aliphatic heterocycles. The standard InChI is InChI=1S/C40H44N12O10S2/c1-23(53)51(24(2)54)39-47-35(41-29-11-7-5-8-12-29)45-37(49-39)43-31-19-17-27(33(21-31)63(57,58)59)15-16-28-18-20-32(22-34(28)64(60,61)62)44-38-46-36(42-30-13-9-6-10-14-30)48-40(50-38)52(25(3)55)26(4)56/h5-26,53-56H,1-4H3,(H,57,58,59)(H,60,61,62)(H2,41,43,45,47,49)(H2,42,44,46,48,50). The summed E-state index contributed by atoms with van der Waals surface area (Å²) in [6, 6.07) is 25.2. The van der Waals surface area contributed by atoms with Gasteiger partial charge in [-0.3, -0.25) is 18.9 Å². The third-order valence-corrected chi connectivity index (χ3v) is 10.7. The van der Waals surface area contributed by atoms with Crippen LogP contribution in [0.3, 0.4) is 0 Å². The molecular weight excluding hydrogens is 873 g/mol. The fraction of sp³-hybridized carbons (Fsp3) is 0.200. The second kappa shape index (κ2) is 19.7. The van der Waals surface area contributed by atoms with Crippen molar-refractivity contribution in [3.63, 3.8) is 0 Å². The van der Waals surface area contributed by atoms with Crippen molar-refractivity contribution in [1.82, 2.24) is 29.9 Å². The minimum atomic E-state index is -4.94. The van der Waals surface area contributed by atoms with Crippen molar-refractivity contribution in [3.8, 4) is 0 Å². The van der Waals surface area contributed by atoms with Crippen LogP contribution in [0.15, 0.2) is 107 Å². The summed E-state index contributed by atoms with van der Waals surface area (Å²) in [5, 5.41) is 53.2. The highest BCUT2D eigenvalue weighted by Crippen LogP contribution is 2.30. The van der Waals surface area contributed by atoms with E-state index in [0.717, 1.165) is 21.9 Å². The van der Waals surface area contributed by atoms with Gasteiger partial charge in [-0.15, -0.1) is 0 Å². The molecule has 6 rings (SSSR count). The SMILES string of the molecule is CC(O)N(c1nc(Nc2ccccc2)nc(Nc2ccc(C=Cc3ccc(Nc4nc(Nc5ccccc5)nc(N(C(C)O)C(C)O)n4)cc3S(=O)(=O)O)c(S(=O)(=O)O)c2)n1)C(C)O. The Hall–Kier alpha value is -6.90. The summed E-state index contributed by atoms with van der Waals surface area (Å²) in [6.07, 6.45) is -2.55. The van der Waals surface area contributed by atoms with E-state index in [4.69, 9.17) is 0 Å². The summed E-state index contributed by atoms with van der Waals surface area (Å²) in [6.45, 7) is 5.57. The third-order valence-electron chi connectivity index (χ3n) is 8.92. The Kier molecular flexibility index (Phi) is 14.3. The number of hydrogen-bond donors (Lipinski definition) is 10. The fourth-order valence-corrected chi connectivity index (χ4v) is 7.58. The van der Waals surface area contributed by atoms with Gasteiger partial charge in [0.25, 0.3) is 20.2 Å². The van der Waals surface area contributed by atoms with Gasteiger partial charge in [-0.1, -0.05) is 60.7 Å². The molecule has 22 nitrogen and oxygen atoms in total. The molecule has 4 atom stereocenters. The quantitative estimate of drug-likeness (QED) is 0.0318. The lowest BCUT2D eigenvalue weighted by molar-refractivity contribution is 0.102. The molecule has 0 amide bonds. The maximum atomic E-state index is 12.7. The van der Waals surface area contributed by atoms with Crippen LogP contribution in [-0.2, 0) is 20.2 Å². The van der Waals surface area contributed by atoms with Crippen LogP contribution < -0.4 is 31.1 Å². The highest BCUT2D eigenvalue weighted by Gasteiger charge is 2.25. The zero-order valence-electron chi connectivity index (χ0n) is 34.4. The van der Waals surface area contributed by atoms with E-state index in [-0.39, 0.29) is 58.2 Å². The van der Waals surface area contributed by atoms with E-state index in [2.05, 4.69) is 51.2 Å². The first-order valence-electron chi connectivity index (χ1n) is 19.2. The monoisotopic (exact) mass is 916 g/mol. The summed E-state index contributed by atoms with van der Waals surface area (Å²) in [5.41, 5.74) is 1.14. The molecule has 10 N–H and O–H groups in total. The van der Waals surface area contributed by atoms with Gasteiger partial charge in [0.1, 0.15) is 34.7 Å². The number of aliphatic hydroxyl groups excluding tert-OH is 4. The topological polar surface area (TPSA) is 322 Å². The van der Waals surface area contributed by atoms with Gasteiger partial charge >= 0.3 is 0 Å². The van der Waals surface area contributed by atoms with Gasteiger partial charge in [-0.05, 0) is 87.4 Å². The molecule has 24 heteroatoms. The van der Waals surface area contributed by atoms with Gasteiger partial charge in [0.15, 0.2) is 0 Å². The number of benzene rings is 4. The van der Waals surface area contributed by atoms with Gasteiger partial charge in [-0.25, -0.2) is 0 Å². The first-order valence-corrected chi connectivity index (χ1v) is 22.0. The summed E-state index contributed by atoms with van der Waals surface area (Å²) in [5.74, 6) is -0.588. The minimum absolute atomic E-state index is 0.00223. The number of hydrogen-bond acceptors (Lipinski definition) is 20. The van der Waals surface area contributed by atoms with Gasteiger partial charge in [0.05, 0.1) is 0 Å². The Morgan fingerprint density at radius 3 is 1.03 bits per heavy atom. The van der Waals surface area contributed by atoms with Crippen LogP contribution in [0, 0.1) is 0 Å². The minimum Gasteiger partial charge on any atom is -0.374 e. The maximum absolute atomic E-state index is 12.7. The van der Waals surface area contributed by atoms with E-state index in [1.54, 1.807) is 60.7 Å². The van der Waals surface area contributed by atoms with Crippen molar-refractivity contribution >= 4 is 90.8 Å². The van der Waals surface area contributed by atoms with Crippen LogP contribution in [0.1, 0.15) is 38.8 Å². The Balaban J connectivity index is 1.32. The van der Waals surface area contributed by atoms with Crippen molar-refractivity contribution in [2.45, 2.75) is 62.4 Å². The Morgan fingerprint density at radius 2 is 0.750 bits per heavy atom. The van der Waals surface area contributed by atoms with Crippen molar-refractivity contribution < 1.29 is 46.4 Å². The van der Waals surface area contributed by atoms with Gasteiger partial charge < -0.3 is 41.7 Å². The largest absolute Gasteiger partial charge is 0.374 e. The van der Waals surface area contributed by atoms with E-state index in [1.165, 1.54) is 64.1 Å². The molecule has 2 heterocycles. The van der Waals surface area contributed by atoms with E-state index < -0.39 is 54.9 Å². The molecular formula is C40H44N12O10S2. The van der Waals surface area contributed by atoms with E-state index in [9.17, 15) is 46.4 Å². The number of nitrogens with zero attached hydrogens (tertiary/aromatic N) is 8. The summed E-state index contributed by atoms with van der Waals surface area (Å²) < 4.78 is 71.4. The lowest BCUT2D eigenvalue weighted by Crippen LogP contribution is -2.41. The highest BCUT2D eigenvalue weighted by molar-refractivity contribution is 7.86. The Morgan fingerprint density at radius 1 is 0.453 bits per heavy atom.